The van der Waals surface area contributed by atoms with Crippen LogP contribution in [0.3, 0.4) is 0 Å². The van der Waals surface area contributed by atoms with Crippen molar-refractivity contribution in [3.8, 4) is 0 Å². The van der Waals surface area contributed by atoms with Gasteiger partial charge in [-0.15, -0.1) is 0 Å². The van der Waals surface area contributed by atoms with E-state index in [-0.39, 0.29) is 0 Å². The maximum atomic E-state index is 5.41. The lowest BCUT2D eigenvalue weighted by Gasteiger charge is -2.27. The molecule has 2 heterocycles. The Hall–Kier alpha value is -0.120. The van der Waals surface area contributed by atoms with E-state index in [9.17, 15) is 0 Å². The molecule has 2 rings (SSSR count). The van der Waals surface area contributed by atoms with E-state index in [1.807, 2.05) is 0 Å². The maximum absolute atomic E-state index is 5.41. The molecule has 2 fully saturated rings. The first kappa shape index (κ1) is 11.4. The number of hydrogen-bond donors (Lipinski definition) is 2. The molecule has 2 aliphatic heterocycles. The molecule has 2 saturated heterocycles. The highest BCUT2D eigenvalue weighted by molar-refractivity contribution is 4.80. The van der Waals surface area contributed by atoms with E-state index < -0.39 is 0 Å². The fourth-order valence-electron chi connectivity index (χ4n) is 2.54. The average molecular weight is 212 g/mol. The van der Waals surface area contributed by atoms with Gasteiger partial charge in [-0.05, 0) is 38.6 Å². The summed E-state index contributed by atoms with van der Waals surface area (Å²) in [5.41, 5.74) is 0. The molecule has 0 bridgehead atoms. The molecule has 0 spiro atoms. The first-order valence-corrected chi connectivity index (χ1v) is 6.41. The summed E-state index contributed by atoms with van der Waals surface area (Å²) in [6.07, 6.45) is 5.30. The van der Waals surface area contributed by atoms with Gasteiger partial charge in [-0.3, -0.25) is 0 Å². The number of hydrogen-bond acceptors (Lipinski definition) is 3. The van der Waals surface area contributed by atoms with E-state index in [4.69, 9.17) is 4.74 Å². The maximum Gasteiger partial charge on any atom is 0.0509 e. The summed E-state index contributed by atoms with van der Waals surface area (Å²) in [7, 11) is 0. The molecule has 3 heteroatoms. The number of rotatable bonds is 4. The van der Waals surface area contributed by atoms with Gasteiger partial charge in [0, 0.05) is 25.2 Å². The molecular weight excluding hydrogens is 188 g/mol. The minimum Gasteiger partial charge on any atom is -0.381 e. The van der Waals surface area contributed by atoms with E-state index in [0.717, 1.165) is 25.7 Å². The van der Waals surface area contributed by atoms with Crippen LogP contribution in [-0.2, 0) is 4.74 Å². The summed E-state index contributed by atoms with van der Waals surface area (Å²) < 4.78 is 5.41. The smallest absolute Gasteiger partial charge is 0.0509 e. The molecular formula is C12H24N2O. The summed E-state index contributed by atoms with van der Waals surface area (Å²) in [4.78, 5) is 0. The van der Waals surface area contributed by atoms with Gasteiger partial charge in [-0.25, -0.2) is 0 Å². The quantitative estimate of drug-likeness (QED) is 0.733. The van der Waals surface area contributed by atoms with Crippen LogP contribution in [0.2, 0.25) is 0 Å². The fraction of sp³-hybridized carbons (Fsp3) is 1.00. The van der Waals surface area contributed by atoms with Gasteiger partial charge in [0.15, 0.2) is 0 Å². The summed E-state index contributed by atoms with van der Waals surface area (Å²) in [5.74, 6) is 0.730. The van der Waals surface area contributed by atoms with Crippen LogP contribution < -0.4 is 10.6 Å². The number of nitrogens with one attached hydrogen (secondary N) is 2. The van der Waals surface area contributed by atoms with Crippen molar-refractivity contribution in [1.82, 2.24) is 10.6 Å². The van der Waals surface area contributed by atoms with Gasteiger partial charge in [0.2, 0.25) is 0 Å². The Balaban J connectivity index is 1.63. The topological polar surface area (TPSA) is 33.3 Å². The van der Waals surface area contributed by atoms with Crippen LogP contribution in [0.25, 0.3) is 0 Å². The second kappa shape index (κ2) is 5.83. The van der Waals surface area contributed by atoms with Crippen molar-refractivity contribution in [2.75, 3.05) is 26.3 Å². The lowest BCUT2D eigenvalue weighted by molar-refractivity contribution is 0.177. The monoisotopic (exact) mass is 212 g/mol. The van der Waals surface area contributed by atoms with Gasteiger partial charge >= 0.3 is 0 Å². The molecule has 3 atom stereocenters. The first-order valence-electron chi connectivity index (χ1n) is 6.41. The second-order valence-electron chi connectivity index (χ2n) is 4.97. The van der Waals surface area contributed by atoms with Gasteiger partial charge in [-0.1, -0.05) is 6.42 Å². The number of piperidine rings is 1. The third kappa shape index (κ3) is 3.44. The Morgan fingerprint density at radius 3 is 3.00 bits per heavy atom. The predicted octanol–water partition coefficient (Wildman–Crippen LogP) is 1.14. The lowest BCUT2D eigenvalue weighted by atomic mass is 9.99. The summed E-state index contributed by atoms with van der Waals surface area (Å²) in [6, 6.07) is 1.31. The van der Waals surface area contributed by atoms with Crippen molar-refractivity contribution in [2.24, 2.45) is 5.92 Å². The Morgan fingerprint density at radius 2 is 2.33 bits per heavy atom. The van der Waals surface area contributed by atoms with Crippen molar-refractivity contribution in [2.45, 2.75) is 44.7 Å². The molecule has 88 valence electrons. The number of ether oxygens (including phenoxy) is 1. The SMILES string of the molecule is CC(NCC1CCCCN1)C1CCOC1. The van der Waals surface area contributed by atoms with Crippen LogP contribution in [0, 0.1) is 5.92 Å². The minimum atomic E-state index is 0.608. The standard InChI is InChI=1S/C12H24N2O/c1-10(11-5-7-15-9-11)14-8-12-4-2-3-6-13-12/h10-14H,2-9H2,1H3. The van der Waals surface area contributed by atoms with Gasteiger partial charge in [-0.2, -0.15) is 0 Å². The zero-order valence-corrected chi connectivity index (χ0v) is 9.80. The van der Waals surface area contributed by atoms with Crippen LogP contribution in [0.1, 0.15) is 32.6 Å². The summed E-state index contributed by atoms with van der Waals surface area (Å²) >= 11 is 0. The predicted molar refractivity (Wildman–Crippen MR) is 62.0 cm³/mol. The molecule has 3 nitrogen and oxygen atoms in total. The van der Waals surface area contributed by atoms with E-state index in [1.54, 1.807) is 0 Å². The summed E-state index contributed by atoms with van der Waals surface area (Å²) in [6.45, 7) is 6.53. The summed E-state index contributed by atoms with van der Waals surface area (Å²) in [5, 5.41) is 7.22. The van der Waals surface area contributed by atoms with Crippen LogP contribution in [-0.4, -0.2) is 38.4 Å². The normalized spacial score (nSPS) is 34.2. The van der Waals surface area contributed by atoms with E-state index >= 15 is 0 Å². The Kier molecular flexibility index (Phi) is 4.42. The third-order valence-corrected chi connectivity index (χ3v) is 3.77. The highest BCUT2D eigenvalue weighted by Crippen LogP contribution is 2.16. The Morgan fingerprint density at radius 1 is 1.40 bits per heavy atom. The molecule has 2 N–H and O–H groups in total. The van der Waals surface area contributed by atoms with Crippen molar-refractivity contribution in [3.05, 3.63) is 0 Å². The molecule has 2 aliphatic rings. The molecule has 0 radical (unpaired) electrons. The lowest BCUT2D eigenvalue weighted by Crippen LogP contribution is -2.45. The van der Waals surface area contributed by atoms with Gasteiger partial charge in [0.05, 0.1) is 6.61 Å². The second-order valence-corrected chi connectivity index (χ2v) is 4.97. The van der Waals surface area contributed by atoms with Crippen molar-refractivity contribution in [1.29, 1.82) is 0 Å². The average Bonchev–Trinajstić information content (AvgIpc) is 2.81. The zero-order valence-electron chi connectivity index (χ0n) is 9.80. The van der Waals surface area contributed by atoms with Crippen LogP contribution in [0.15, 0.2) is 0 Å². The van der Waals surface area contributed by atoms with E-state index in [0.29, 0.717) is 12.1 Å². The van der Waals surface area contributed by atoms with Gasteiger partial charge in [0.1, 0.15) is 0 Å². The first-order chi connectivity index (χ1) is 7.36. The molecule has 0 aromatic rings. The molecule has 0 saturated carbocycles. The molecule has 15 heavy (non-hydrogen) atoms. The molecule has 0 aromatic heterocycles. The van der Waals surface area contributed by atoms with Gasteiger partial charge < -0.3 is 15.4 Å². The van der Waals surface area contributed by atoms with Crippen LogP contribution in [0.5, 0.6) is 0 Å². The van der Waals surface area contributed by atoms with Crippen LogP contribution >= 0.6 is 0 Å². The largest absolute Gasteiger partial charge is 0.381 e. The van der Waals surface area contributed by atoms with Crippen molar-refractivity contribution >= 4 is 0 Å². The fourth-order valence-corrected chi connectivity index (χ4v) is 2.54. The van der Waals surface area contributed by atoms with Crippen molar-refractivity contribution in [3.63, 3.8) is 0 Å². The highest BCUT2D eigenvalue weighted by Gasteiger charge is 2.22. The highest BCUT2D eigenvalue weighted by atomic mass is 16.5. The Labute approximate surface area is 93.0 Å². The molecule has 0 amide bonds. The Bertz CT molecular complexity index is 174. The molecule has 0 aromatic carbocycles. The van der Waals surface area contributed by atoms with E-state index in [2.05, 4.69) is 17.6 Å². The molecule has 0 aliphatic carbocycles. The molecule has 3 unspecified atom stereocenters. The minimum absolute atomic E-state index is 0.608. The van der Waals surface area contributed by atoms with Crippen molar-refractivity contribution < 1.29 is 4.74 Å². The van der Waals surface area contributed by atoms with Crippen LogP contribution in [0.4, 0.5) is 0 Å². The van der Waals surface area contributed by atoms with Gasteiger partial charge in [0.25, 0.3) is 0 Å². The zero-order chi connectivity index (χ0) is 10.5. The third-order valence-electron chi connectivity index (χ3n) is 3.77. The van der Waals surface area contributed by atoms with E-state index in [1.165, 1.54) is 32.2 Å².